The zero-order chi connectivity index (χ0) is 25.9. The van der Waals surface area contributed by atoms with Crippen molar-refractivity contribution in [1.29, 1.82) is 0 Å². The predicted molar refractivity (Wildman–Crippen MR) is 136 cm³/mol. The third-order valence-corrected chi connectivity index (χ3v) is 6.00. The van der Waals surface area contributed by atoms with Crippen molar-refractivity contribution >= 4 is 18.3 Å². The molecular formula is C27H32N4O5. The van der Waals surface area contributed by atoms with Gasteiger partial charge in [0.25, 0.3) is 6.47 Å². The summed E-state index contributed by atoms with van der Waals surface area (Å²) in [7, 11) is 1.72. The molecular weight excluding hydrogens is 460 g/mol. The molecule has 1 aliphatic rings. The van der Waals surface area contributed by atoms with Crippen LogP contribution in [0.2, 0.25) is 0 Å². The van der Waals surface area contributed by atoms with Crippen LogP contribution in [0.15, 0.2) is 65.1 Å². The number of nitrogens with zero attached hydrogens (tertiary/aromatic N) is 2. The molecule has 2 amide bonds. The maximum Gasteiger partial charge on any atom is 0.290 e. The molecule has 0 bridgehead atoms. The van der Waals surface area contributed by atoms with Gasteiger partial charge >= 0.3 is 0 Å². The first-order valence-electron chi connectivity index (χ1n) is 11.9. The molecule has 9 nitrogen and oxygen atoms in total. The van der Waals surface area contributed by atoms with Crippen molar-refractivity contribution in [3.05, 3.63) is 66.6 Å². The van der Waals surface area contributed by atoms with E-state index in [0.717, 1.165) is 29.7 Å². The molecule has 0 spiro atoms. The van der Waals surface area contributed by atoms with Gasteiger partial charge in [0.2, 0.25) is 17.7 Å². The Kier molecular flexibility index (Phi) is 9.76. The van der Waals surface area contributed by atoms with Gasteiger partial charge in [0, 0.05) is 17.7 Å². The lowest BCUT2D eigenvalue weighted by atomic mass is 10.1. The van der Waals surface area contributed by atoms with Crippen LogP contribution in [0.1, 0.15) is 32.1 Å². The lowest BCUT2D eigenvalue weighted by Gasteiger charge is -2.24. The topological polar surface area (TPSA) is 125 Å². The highest BCUT2D eigenvalue weighted by atomic mass is 16.4. The zero-order valence-corrected chi connectivity index (χ0v) is 20.5. The second kappa shape index (κ2) is 13.2. The standard InChI is InChI=1S/C26H30N4O3.CH2O2/c1-18(27-2)25(31)28-21-15-9-10-16-30(26(21)32)17-22-29-23(19-11-5-3-6-12-19)24(33-22)20-13-7-4-8-14-20;2-1-3/h3-8,11-14,18,21,27H,9-10,15-17H2,1-2H3,(H,28,31);1H,(H,2,3)/t18-,21-;/m0./s1. The molecule has 2 heterocycles. The van der Waals surface area contributed by atoms with Crippen LogP contribution in [-0.4, -0.2) is 59.0 Å². The SMILES string of the molecule is CN[C@@H](C)C(=O)N[C@H]1CCCCN(Cc2nc(-c3ccccc3)c(-c3ccccc3)o2)C1=O.O=CO. The number of amides is 2. The number of carbonyl (C=O) groups excluding carboxylic acids is 2. The lowest BCUT2D eigenvalue weighted by Crippen LogP contribution is -2.51. The number of hydrogen-bond acceptors (Lipinski definition) is 6. The van der Waals surface area contributed by atoms with Crippen molar-refractivity contribution in [2.45, 2.75) is 44.8 Å². The van der Waals surface area contributed by atoms with Gasteiger partial charge in [0.05, 0.1) is 12.6 Å². The third kappa shape index (κ3) is 6.79. The molecule has 0 radical (unpaired) electrons. The number of hydrogen-bond donors (Lipinski definition) is 3. The second-order valence-corrected chi connectivity index (χ2v) is 8.45. The molecule has 2 atom stereocenters. The minimum absolute atomic E-state index is 0.0927. The number of aromatic nitrogens is 1. The molecule has 1 saturated heterocycles. The zero-order valence-electron chi connectivity index (χ0n) is 20.5. The summed E-state index contributed by atoms with van der Waals surface area (Å²) in [4.78, 5) is 40.5. The van der Waals surface area contributed by atoms with Crippen molar-refractivity contribution in [3.63, 3.8) is 0 Å². The van der Waals surface area contributed by atoms with Gasteiger partial charge in [-0.3, -0.25) is 14.4 Å². The maximum atomic E-state index is 13.2. The Hall–Kier alpha value is -3.98. The highest BCUT2D eigenvalue weighted by molar-refractivity contribution is 5.89. The largest absolute Gasteiger partial charge is 0.483 e. The van der Waals surface area contributed by atoms with E-state index in [1.54, 1.807) is 18.9 Å². The van der Waals surface area contributed by atoms with Crippen LogP contribution in [0.5, 0.6) is 0 Å². The lowest BCUT2D eigenvalue weighted by molar-refractivity contribution is -0.137. The molecule has 9 heteroatoms. The number of carbonyl (C=O) groups is 3. The van der Waals surface area contributed by atoms with Crippen LogP contribution >= 0.6 is 0 Å². The maximum absolute atomic E-state index is 13.2. The van der Waals surface area contributed by atoms with E-state index in [1.165, 1.54) is 0 Å². The first-order valence-corrected chi connectivity index (χ1v) is 11.9. The summed E-state index contributed by atoms with van der Waals surface area (Å²) in [6, 6.07) is 18.9. The number of rotatable bonds is 7. The minimum Gasteiger partial charge on any atom is -0.483 e. The number of benzene rings is 2. The van der Waals surface area contributed by atoms with E-state index in [4.69, 9.17) is 19.3 Å². The van der Waals surface area contributed by atoms with Gasteiger partial charge in [-0.05, 0) is 33.2 Å². The highest BCUT2D eigenvalue weighted by Crippen LogP contribution is 2.33. The average Bonchev–Trinajstić information content (AvgIpc) is 3.26. The molecule has 36 heavy (non-hydrogen) atoms. The van der Waals surface area contributed by atoms with Gasteiger partial charge in [-0.1, -0.05) is 60.7 Å². The van der Waals surface area contributed by atoms with E-state index in [1.807, 2.05) is 60.7 Å². The fourth-order valence-corrected chi connectivity index (χ4v) is 4.00. The number of carboxylic acid groups (broad SMARTS) is 1. The van der Waals surface area contributed by atoms with Crippen molar-refractivity contribution in [2.75, 3.05) is 13.6 Å². The summed E-state index contributed by atoms with van der Waals surface area (Å²) in [5.74, 6) is 0.903. The van der Waals surface area contributed by atoms with Crippen molar-refractivity contribution in [1.82, 2.24) is 20.5 Å². The summed E-state index contributed by atoms with van der Waals surface area (Å²) < 4.78 is 6.22. The Balaban J connectivity index is 0.00000115. The number of oxazole rings is 1. The summed E-state index contributed by atoms with van der Waals surface area (Å²) in [5, 5.41) is 12.7. The quantitative estimate of drug-likeness (QED) is 0.432. The van der Waals surface area contributed by atoms with Gasteiger partial charge in [-0.15, -0.1) is 0 Å². The Morgan fingerprint density at radius 3 is 2.36 bits per heavy atom. The molecule has 1 fully saturated rings. The number of likely N-dealkylation sites (N-methyl/N-ethyl adjacent to an activating group) is 1. The third-order valence-electron chi connectivity index (χ3n) is 6.00. The van der Waals surface area contributed by atoms with E-state index in [2.05, 4.69) is 10.6 Å². The molecule has 190 valence electrons. The van der Waals surface area contributed by atoms with Gasteiger partial charge < -0.3 is 25.1 Å². The Bertz CT molecular complexity index is 1080. The molecule has 1 aliphatic heterocycles. The first-order chi connectivity index (χ1) is 17.5. The first kappa shape index (κ1) is 26.6. The monoisotopic (exact) mass is 492 g/mol. The molecule has 3 N–H and O–H groups in total. The van der Waals surface area contributed by atoms with E-state index >= 15 is 0 Å². The van der Waals surface area contributed by atoms with Crippen LogP contribution in [0, 0.1) is 0 Å². The number of likely N-dealkylation sites (tertiary alicyclic amines) is 1. The Morgan fingerprint density at radius 2 is 1.75 bits per heavy atom. The summed E-state index contributed by atoms with van der Waals surface area (Å²) in [5.41, 5.74) is 2.65. The summed E-state index contributed by atoms with van der Waals surface area (Å²) in [6.07, 6.45) is 2.38. The van der Waals surface area contributed by atoms with Gasteiger partial charge in [-0.2, -0.15) is 0 Å². The summed E-state index contributed by atoms with van der Waals surface area (Å²) in [6.45, 7) is 2.40. The van der Waals surface area contributed by atoms with Crippen LogP contribution < -0.4 is 10.6 Å². The van der Waals surface area contributed by atoms with Crippen LogP contribution in [0.3, 0.4) is 0 Å². The van der Waals surface area contributed by atoms with Gasteiger partial charge in [-0.25, -0.2) is 4.98 Å². The van der Waals surface area contributed by atoms with E-state index in [9.17, 15) is 9.59 Å². The van der Waals surface area contributed by atoms with Crippen LogP contribution in [0.25, 0.3) is 22.6 Å². The fraction of sp³-hybridized carbons (Fsp3) is 0.333. The smallest absolute Gasteiger partial charge is 0.290 e. The highest BCUT2D eigenvalue weighted by Gasteiger charge is 2.30. The van der Waals surface area contributed by atoms with Crippen LogP contribution in [-0.2, 0) is 20.9 Å². The molecule has 0 unspecified atom stereocenters. The predicted octanol–water partition coefficient (Wildman–Crippen LogP) is 3.31. The molecule has 1 aromatic heterocycles. The normalized spacial score (nSPS) is 16.3. The molecule has 3 aromatic rings. The number of nitrogens with one attached hydrogen (secondary N) is 2. The second-order valence-electron chi connectivity index (χ2n) is 8.45. The molecule has 2 aromatic carbocycles. The Labute approximate surface area is 210 Å². The van der Waals surface area contributed by atoms with Crippen molar-refractivity contribution in [2.24, 2.45) is 0 Å². The van der Waals surface area contributed by atoms with Gasteiger partial charge in [0.1, 0.15) is 11.7 Å². The van der Waals surface area contributed by atoms with Gasteiger partial charge in [0.15, 0.2) is 5.76 Å². The Morgan fingerprint density at radius 1 is 1.14 bits per heavy atom. The fourth-order valence-electron chi connectivity index (χ4n) is 4.00. The average molecular weight is 493 g/mol. The summed E-state index contributed by atoms with van der Waals surface area (Å²) >= 11 is 0. The van der Waals surface area contributed by atoms with Crippen LogP contribution in [0.4, 0.5) is 0 Å². The van der Waals surface area contributed by atoms with Crippen molar-refractivity contribution in [3.8, 4) is 22.6 Å². The molecule has 0 saturated carbocycles. The molecule has 0 aliphatic carbocycles. The molecule has 4 rings (SSSR count). The minimum atomic E-state index is -0.534. The van der Waals surface area contributed by atoms with E-state index in [-0.39, 0.29) is 30.9 Å². The van der Waals surface area contributed by atoms with E-state index in [0.29, 0.717) is 24.6 Å². The van der Waals surface area contributed by atoms with E-state index < -0.39 is 6.04 Å². The van der Waals surface area contributed by atoms with Crippen molar-refractivity contribution < 1.29 is 23.9 Å².